The minimum absolute atomic E-state index is 0.0186. The number of amides is 2. The molecule has 0 aliphatic heterocycles. The molecule has 0 bridgehead atoms. The molecule has 17 heavy (non-hydrogen) atoms. The zero-order valence-corrected chi connectivity index (χ0v) is 11.4. The lowest BCUT2D eigenvalue weighted by Gasteiger charge is -2.15. The van der Waals surface area contributed by atoms with Gasteiger partial charge in [0.1, 0.15) is 0 Å². The lowest BCUT2D eigenvalue weighted by Crippen LogP contribution is -2.28. The zero-order chi connectivity index (χ0) is 13.3. The highest BCUT2D eigenvalue weighted by atomic mass is 32.2. The highest BCUT2D eigenvalue weighted by Gasteiger charge is 2.09. The molecule has 0 aliphatic carbocycles. The summed E-state index contributed by atoms with van der Waals surface area (Å²) in [5, 5.41) is 8.39. The van der Waals surface area contributed by atoms with Crippen LogP contribution in [0.5, 0.6) is 0 Å². The molecule has 5 nitrogen and oxygen atoms in total. The molecule has 0 aliphatic rings. The third-order valence-electron chi connectivity index (χ3n) is 2.17. The molecule has 0 fully saturated rings. The van der Waals surface area contributed by atoms with Crippen molar-refractivity contribution in [2.45, 2.75) is 12.8 Å². The Morgan fingerprint density at radius 3 is 2.41 bits per heavy atom. The lowest BCUT2D eigenvalue weighted by molar-refractivity contribution is -0.129. The molecule has 0 saturated carbocycles. The van der Waals surface area contributed by atoms with Gasteiger partial charge < -0.3 is 9.80 Å². The molecule has 0 unspecified atom stereocenters. The van der Waals surface area contributed by atoms with Crippen molar-refractivity contribution in [3.8, 4) is 6.07 Å². The Labute approximate surface area is 107 Å². The van der Waals surface area contributed by atoms with E-state index in [0.717, 1.165) is 0 Å². The summed E-state index contributed by atoms with van der Waals surface area (Å²) in [5.74, 6) is 1.11. The van der Waals surface area contributed by atoms with Crippen LogP contribution in [0.15, 0.2) is 0 Å². The Morgan fingerprint density at radius 1 is 1.24 bits per heavy atom. The fraction of sp³-hybridized carbons (Fsp3) is 0.727. The molecule has 0 spiro atoms. The number of carbonyl (C=O) groups excluding carboxylic acids is 2. The van der Waals surface area contributed by atoms with E-state index in [1.807, 2.05) is 6.07 Å². The Kier molecular flexibility index (Phi) is 8.24. The molecule has 0 atom stereocenters. The second kappa shape index (κ2) is 8.88. The normalized spacial score (nSPS) is 9.53. The van der Waals surface area contributed by atoms with E-state index in [9.17, 15) is 9.59 Å². The van der Waals surface area contributed by atoms with E-state index in [-0.39, 0.29) is 11.8 Å². The SMILES string of the molecule is CN(C)C(=O)CSCCC(=O)N(C)CCC#N. The van der Waals surface area contributed by atoms with E-state index in [1.54, 1.807) is 26.0 Å². The van der Waals surface area contributed by atoms with Gasteiger partial charge in [-0.3, -0.25) is 9.59 Å². The van der Waals surface area contributed by atoms with E-state index in [1.165, 1.54) is 16.7 Å². The van der Waals surface area contributed by atoms with Crippen LogP contribution in [0.1, 0.15) is 12.8 Å². The van der Waals surface area contributed by atoms with Gasteiger partial charge in [-0.1, -0.05) is 0 Å². The molecular weight excluding hydrogens is 238 g/mol. The number of hydrogen-bond acceptors (Lipinski definition) is 4. The van der Waals surface area contributed by atoms with Crippen LogP contribution in [-0.4, -0.2) is 60.8 Å². The summed E-state index contributed by atoms with van der Waals surface area (Å²) in [6.45, 7) is 0.469. The van der Waals surface area contributed by atoms with E-state index in [4.69, 9.17) is 5.26 Å². The predicted octanol–water partition coefficient (Wildman–Crippen LogP) is 0.570. The molecule has 2 amide bonds. The topological polar surface area (TPSA) is 64.4 Å². The van der Waals surface area contributed by atoms with Crippen LogP contribution < -0.4 is 0 Å². The van der Waals surface area contributed by atoms with Crippen LogP contribution in [0, 0.1) is 11.3 Å². The van der Waals surface area contributed by atoms with Gasteiger partial charge in [-0.05, 0) is 0 Å². The highest BCUT2D eigenvalue weighted by Crippen LogP contribution is 2.05. The van der Waals surface area contributed by atoms with Crippen molar-refractivity contribution in [3.05, 3.63) is 0 Å². The first-order valence-corrected chi connectivity index (χ1v) is 6.53. The summed E-state index contributed by atoms with van der Waals surface area (Å²) in [6.07, 6.45) is 0.766. The van der Waals surface area contributed by atoms with Crippen molar-refractivity contribution in [1.82, 2.24) is 9.80 Å². The van der Waals surface area contributed by atoms with E-state index >= 15 is 0 Å². The molecule has 6 heteroatoms. The molecule has 0 N–H and O–H groups in total. The van der Waals surface area contributed by atoms with Crippen LogP contribution in [0.3, 0.4) is 0 Å². The van der Waals surface area contributed by atoms with Gasteiger partial charge in [0.2, 0.25) is 11.8 Å². The van der Waals surface area contributed by atoms with Gasteiger partial charge in [0, 0.05) is 39.9 Å². The van der Waals surface area contributed by atoms with Crippen molar-refractivity contribution in [1.29, 1.82) is 5.26 Å². The molecule has 0 aromatic carbocycles. The van der Waals surface area contributed by atoms with Crippen molar-refractivity contribution >= 4 is 23.6 Å². The van der Waals surface area contributed by atoms with Crippen LogP contribution >= 0.6 is 11.8 Å². The highest BCUT2D eigenvalue weighted by molar-refractivity contribution is 7.99. The lowest BCUT2D eigenvalue weighted by atomic mass is 10.3. The Hall–Kier alpha value is -1.22. The van der Waals surface area contributed by atoms with Gasteiger partial charge in [-0.15, -0.1) is 0 Å². The summed E-state index contributed by atoms with van der Waals surface area (Å²) < 4.78 is 0. The Morgan fingerprint density at radius 2 is 1.88 bits per heavy atom. The molecular formula is C11H19N3O2S. The Bertz CT molecular complexity index is 300. The first-order chi connectivity index (χ1) is 7.99. The molecule has 0 aromatic rings. The van der Waals surface area contributed by atoms with Crippen molar-refractivity contribution in [2.75, 3.05) is 39.2 Å². The maximum atomic E-state index is 11.5. The van der Waals surface area contributed by atoms with Gasteiger partial charge in [-0.2, -0.15) is 17.0 Å². The predicted molar refractivity (Wildman–Crippen MR) is 68.5 cm³/mol. The number of nitrogens with zero attached hydrogens (tertiary/aromatic N) is 3. The Balaban J connectivity index is 3.65. The van der Waals surface area contributed by atoms with Gasteiger partial charge in [-0.25, -0.2) is 0 Å². The van der Waals surface area contributed by atoms with Crippen LogP contribution in [-0.2, 0) is 9.59 Å². The minimum atomic E-state index is 0.0186. The fourth-order valence-electron chi connectivity index (χ4n) is 0.981. The summed E-state index contributed by atoms with van der Waals surface area (Å²) in [7, 11) is 5.11. The third-order valence-corrected chi connectivity index (χ3v) is 3.11. The molecule has 0 saturated heterocycles. The van der Waals surface area contributed by atoms with E-state index < -0.39 is 0 Å². The van der Waals surface area contributed by atoms with Gasteiger partial charge in [0.25, 0.3) is 0 Å². The van der Waals surface area contributed by atoms with Gasteiger partial charge >= 0.3 is 0 Å². The quantitative estimate of drug-likeness (QED) is 0.625. The molecule has 0 aromatic heterocycles. The zero-order valence-electron chi connectivity index (χ0n) is 10.6. The van der Waals surface area contributed by atoms with E-state index in [2.05, 4.69) is 0 Å². The van der Waals surface area contributed by atoms with Crippen molar-refractivity contribution < 1.29 is 9.59 Å². The number of carbonyl (C=O) groups is 2. The molecule has 0 radical (unpaired) electrons. The largest absolute Gasteiger partial charge is 0.348 e. The minimum Gasteiger partial charge on any atom is -0.348 e. The molecule has 0 heterocycles. The van der Waals surface area contributed by atoms with Crippen LogP contribution in [0.25, 0.3) is 0 Å². The standard InChI is InChI=1S/C11H19N3O2S/c1-13(2)11(16)9-17-8-5-10(15)14(3)7-4-6-12/h4-5,7-9H2,1-3H3. The van der Waals surface area contributed by atoms with Gasteiger partial charge in [0.15, 0.2) is 0 Å². The number of rotatable bonds is 7. The summed E-state index contributed by atoms with van der Waals surface area (Å²) >= 11 is 1.46. The molecule has 96 valence electrons. The summed E-state index contributed by atoms with van der Waals surface area (Å²) in [6, 6.07) is 2.00. The first-order valence-electron chi connectivity index (χ1n) is 5.37. The first kappa shape index (κ1) is 15.8. The monoisotopic (exact) mass is 257 g/mol. The maximum Gasteiger partial charge on any atom is 0.232 e. The maximum absolute atomic E-state index is 11.5. The second-order valence-corrected chi connectivity index (χ2v) is 4.92. The number of thioether (sulfide) groups is 1. The fourth-order valence-corrected chi connectivity index (χ4v) is 1.88. The van der Waals surface area contributed by atoms with Crippen LogP contribution in [0.2, 0.25) is 0 Å². The third kappa shape index (κ3) is 7.64. The summed E-state index contributed by atoms with van der Waals surface area (Å²) in [4.78, 5) is 25.9. The number of hydrogen-bond donors (Lipinski definition) is 0. The average Bonchev–Trinajstić information content (AvgIpc) is 2.30. The van der Waals surface area contributed by atoms with Crippen LogP contribution in [0.4, 0.5) is 0 Å². The van der Waals surface area contributed by atoms with E-state index in [0.29, 0.717) is 30.9 Å². The second-order valence-electron chi connectivity index (χ2n) is 3.81. The van der Waals surface area contributed by atoms with Crippen molar-refractivity contribution in [3.63, 3.8) is 0 Å². The average molecular weight is 257 g/mol. The van der Waals surface area contributed by atoms with Crippen molar-refractivity contribution in [2.24, 2.45) is 0 Å². The van der Waals surface area contributed by atoms with Gasteiger partial charge in [0.05, 0.1) is 18.2 Å². The number of nitriles is 1. The smallest absolute Gasteiger partial charge is 0.232 e. The summed E-state index contributed by atoms with van der Waals surface area (Å²) in [5.41, 5.74) is 0. The molecule has 0 rings (SSSR count).